The van der Waals surface area contributed by atoms with Gasteiger partial charge in [-0.2, -0.15) is 11.8 Å². The Kier molecular flexibility index (Phi) is 5.21. The molecule has 0 unspecified atom stereocenters. The maximum atomic E-state index is 11.4. The number of nitrogens with one attached hydrogen (secondary N) is 1. The smallest absolute Gasteiger partial charge is 0.225 e. The van der Waals surface area contributed by atoms with E-state index in [-0.39, 0.29) is 12.5 Å². The second-order valence-electron chi connectivity index (χ2n) is 3.15. The van der Waals surface area contributed by atoms with Crippen molar-refractivity contribution in [3.63, 3.8) is 0 Å². The number of aliphatic hydroxyl groups is 1. The molecule has 0 bridgehead atoms. The Hall–Kier alpha value is -1.00. The molecule has 0 saturated heterocycles. The number of carbonyl (C=O) groups is 1. The highest BCUT2D eigenvalue weighted by Gasteiger charge is 2.01. The van der Waals surface area contributed by atoms with Gasteiger partial charge in [-0.05, 0) is 24.0 Å². The molecule has 0 heterocycles. The van der Waals surface area contributed by atoms with Crippen LogP contribution in [0.1, 0.15) is 12.0 Å². The average molecular weight is 225 g/mol. The minimum absolute atomic E-state index is 0.00543. The van der Waals surface area contributed by atoms with Crippen LogP contribution < -0.4 is 5.32 Å². The third-order valence-corrected chi connectivity index (χ3v) is 2.54. The fourth-order valence-corrected chi connectivity index (χ4v) is 1.56. The predicted molar refractivity (Wildman–Crippen MR) is 64.0 cm³/mol. The van der Waals surface area contributed by atoms with Crippen LogP contribution in [0.2, 0.25) is 0 Å². The van der Waals surface area contributed by atoms with E-state index in [2.05, 4.69) is 5.32 Å². The SMILES string of the molecule is CSCCC(=O)Nc1cccc(CO)c1. The van der Waals surface area contributed by atoms with Crippen LogP contribution in [0.4, 0.5) is 5.69 Å². The highest BCUT2D eigenvalue weighted by molar-refractivity contribution is 7.98. The summed E-state index contributed by atoms with van der Waals surface area (Å²) in [4.78, 5) is 11.4. The van der Waals surface area contributed by atoms with Gasteiger partial charge in [-0.1, -0.05) is 12.1 Å². The standard InChI is InChI=1S/C11H15NO2S/c1-15-6-5-11(14)12-10-4-2-3-9(7-10)8-13/h2-4,7,13H,5-6,8H2,1H3,(H,12,14). The van der Waals surface area contributed by atoms with Gasteiger partial charge in [0.1, 0.15) is 0 Å². The third-order valence-electron chi connectivity index (χ3n) is 1.93. The van der Waals surface area contributed by atoms with E-state index in [0.29, 0.717) is 6.42 Å². The summed E-state index contributed by atoms with van der Waals surface area (Å²) in [5.41, 5.74) is 1.55. The summed E-state index contributed by atoms with van der Waals surface area (Å²) in [6.45, 7) is -0.00543. The summed E-state index contributed by atoms with van der Waals surface area (Å²) in [6, 6.07) is 7.22. The Morgan fingerprint density at radius 1 is 1.53 bits per heavy atom. The lowest BCUT2D eigenvalue weighted by atomic mass is 10.2. The Bertz CT molecular complexity index is 328. The lowest BCUT2D eigenvalue weighted by Crippen LogP contribution is -2.12. The van der Waals surface area contributed by atoms with Gasteiger partial charge in [0.15, 0.2) is 0 Å². The molecule has 0 aliphatic carbocycles. The molecule has 0 saturated carbocycles. The first-order valence-corrected chi connectivity index (χ1v) is 6.14. The molecule has 0 aromatic heterocycles. The maximum absolute atomic E-state index is 11.4. The highest BCUT2D eigenvalue weighted by Crippen LogP contribution is 2.11. The average Bonchev–Trinajstić information content (AvgIpc) is 2.26. The predicted octanol–water partition coefficient (Wildman–Crippen LogP) is 1.87. The molecule has 1 aromatic carbocycles. The topological polar surface area (TPSA) is 49.3 Å². The molecule has 0 aliphatic heterocycles. The lowest BCUT2D eigenvalue weighted by Gasteiger charge is -2.05. The molecule has 0 spiro atoms. The minimum Gasteiger partial charge on any atom is -0.392 e. The van der Waals surface area contributed by atoms with Gasteiger partial charge in [0.05, 0.1) is 6.61 Å². The Morgan fingerprint density at radius 3 is 3.00 bits per heavy atom. The fraction of sp³-hybridized carbons (Fsp3) is 0.364. The van der Waals surface area contributed by atoms with Crippen LogP contribution in [0.3, 0.4) is 0 Å². The van der Waals surface area contributed by atoms with Crippen LogP contribution in [0.5, 0.6) is 0 Å². The first-order chi connectivity index (χ1) is 7.26. The number of aliphatic hydroxyl groups excluding tert-OH is 1. The van der Waals surface area contributed by atoms with Crippen molar-refractivity contribution in [2.24, 2.45) is 0 Å². The van der Waals surface area contributed by atoms with Gasteiger partial charge in [0, 0.05) is 17.9 Å². The second kappa shape index (κ2) is 6.48. The van der Waals surface area contributed by atoms with Crippen LogP contribution in [-0.4, -0.2) is 23.0 Å². The normalized spacial score (nSPS) is 10.0. The van der Waals surface area contributed by atoms with Gasteiger partial charge in [-0.15, -0.1) is 0 Å². The Morgan fingerprint density at radius 2 is 2.33 bits per heavy atom. The molecule has 0 atom stereocenters. The molecular formula is C11H15NO2S. The van der Waals surface area contributed by atoms with Gasteiger partial charge >= 0.3 is 0 Å². The Labute approximate surface area is 93.9 Å². The fourth-order valence-electron chi connectivity index (χ4n) is 1.17. The molecule has 4 heteroatoms. The van der Waals surface area contributed by atoms with Crippen molar-refractivity contribution in [1.29, 1.82) is 0 Å². The summed E-state index contributed by atoms with van der Waals surface area (Å²) in [5, 5.41) is 11.7. The number of hydrogen-bond donors (Lipinski definition) is 2. The zero-order valence-corrected chi connectivity index (χ0v) is 9.51. The van der Waals surface area contributed by atoms with Crippen molar-refractivity contribution in [2.75, 3.05) is 17.3 Å². The van der Waals surface area contributed by atoms with Crippen molar-refractivity contribution < 1.29 is 9.90 Å². The number of rotatable bonds is 5. The molecule has 0 radical (unpaired) electrons. The van der Waals surface area contributed by atoms with Crippen LogP contribution in [0, 0.1) is 0 Å². The van der Waals surface area contributed by atoms with Crippen LogP contribution >= 0.6 is 11.8 Å². The molecular weight excluding hydrogens is 210 g/mol. The summed E-state index contributed by atoms with van der Waals surface area (Å²) < 4.78 is 0. The van der Waals surface area contributed by atoms with Crippen molar-refractivity contribution in [3.05, 3.63) is 29.8 Å². The summed E-state index contributed by atoms with van der Waals surface area (Å²) in [6.07, 6.45) is 2.49. The number of hydrogen-bond acceptors (Lipinski definition) is 3. The van der Waals surface area contributed by atoms with E-state index >= 15 is 0 Å². The summed E-state index contributed by atoms with van der Waals surface area (Å²) in [7, 11) is 0. The van der Waals surface area contributed by atoms with Crippen molar-refractivity contribution >= 4 is 23.4 Å². The highest BCUT2D eigenvalue weighted by atomic mass is 32.2. The molecule has 1 aromatic rings. The quantitative estimate of drug-likeness (QED) is 0.804. The largest absolute Gasteiger partial charge is 0.392 e. The van der Waals surface area contributed by atoms with E-state index in [4.69, 9.17) is 5.11 Å². The molecule has 15 heavy (non-hydrogen) atoms. The maximum Gasteiger partial charge on any atom is 0.225 e. The monoisotopic (exact) mass is 225 g/mol. The first kappa shape index (κ1) is 12.1. The van der Waals surface area contributed by atoms with E-state index in [9.17, 15) is 4.79 Å². The van der Waals surface area contributed by atoms with Crippen LogP contribution in [-0.2, 0) is 11.4 Å². The zero-order valence-electron chi connectivity index (χ0n) is 8.69. The Balaban J connectivity index is 2.52. The molecule has 82 valence electrons. The molecule has 2 N–H and O–H groups in total. The third kappa shape index (κ3) is 4.36. The van der Waals surface area contributed by atoms with Crippen LogP contribution in [0.25, 0.3) is 0 Å². The molecule has 0 aliphatic rings. The summed E-state index contributed by atoms with van der Waals surface area (Å²) >= 11 is 1.65. The minimum atomic E-state index is -0.00543. The lowest BCUT2D eigenvalue weighted by molar-refractivity contribution is -0.115. The van der Waals surface area contributed by atoms with E-state index in [1.807, 2.05) is 24.5 Å². The summed E-state index contributed by atoms with van der Waals surface area (Å²) in [5.74, 6) is 0.838. The number of thioether (sulfide) groups is 1. The van der Waals surface area contributed by atoms with Gasteiger partial charge in [0.25, 0.3) is 0 Å². The van der Waals surface area contributed by atoms with E-state index in [1.165, 1.54) is 0 Å². The molecule has 0 fully saturated rings. The number of anilines is 1. The second-order valence-corrected chi connectivity index (χ2v) is 4.14. The first-order valence-electron chi connectivity index (χ1n) is 4.75. The van der Waals surface area contributed by atoms with E-state index in [1.54, 1.807) is 17.8 Å². The zero-order chi connectivity index (χ0) is 11.1. The van der Waals surface area contributed by atoms with Crippen molar-refractivity contribution in [1.82, 2.24) is 0 Å². The van der Waals surface area contributed by atoms with Crippen molar-refractivity contribution in [3.8, 4) is 0 Å². The van der Waals surface area contributed by atoms with Gasteiger partial charge in [0.2, 0.25) is 5.91 Å². The van der Waals surface area contributed by atoms with Gasteiger partial charge in [-0.25, -0.2) is 0 Å². The number of benzene rings is 1. The van der Waals surface area contributed by atoms with E-state index < -0.39 is 0 Å². The number of amides is 1. The molecule has 1 rings (SSSR count). The molecule has 3 nitrogen and oxygen atoms in total. The van der Waals surface area contributed by atoms with E-state index in [0.717, 1.165) is 17.0 Å². The number of carbonyl (C=O) groups excluding carboxylic acids is 1. The van der Waals surface area contributed by atoms with Crippen molar-refractivity contribution in [2.45, 2.75) is 13.0 Å². The van der Waals surface area contributed by atoms with Gasteiger partial charge in [-0.3, -0.25) is 4.79 Å². The van der Waals surface area contributed by atoms with Crippen LogP contribution in [0.15, 0.2) is 24.3 Å². The molecule has 1 amide bonds. The van der Waals surface area contributed by atoms with Gasteiger partial charge < -0.3 is 10.4 Å².